The molecular weight excluding hydrogens is 362 g/mol. The molecule has 0 bridgehead atoms. The van der Waals surface area contributed by atoms with Crippen LogP contribution in [0.5, 0.6) is 11.5 Å². The van der Waals surface area contributed by atoms with Crippen molar-refractivity contribution in [3.05, 3.63) is 58.1 Å². The van der Waals surface area contributed by atoms with E-state index in [2.05, 4.69) is 15.9 Å². The Morgan fingerprint density at radius 1 is 1.13 bits per heavy atom. The average Bonchev–Trinajstić information content (AvgIpc) is 2.59. The van der Waals surface area contributed by atoms with Gasteiger partial charge in [0.25, 0.3) is 0 Å². The summed E-state index contributed by atoms with van der Waals surface area (Å²) in [6.45, 7) is 0.335. The molecule has 5 nitrogen and oxygen atoms in total. The van der Waals surface area contributed by atoms with E-state index in [-0.39, 0.29) is 13.2 Å². The number of carbonyl (C=O) groups is 1. The van der Waals surface area contributed by atoms with Crippen LogP contribution in [0.15, 0.2) is 46.9 Å². The summed E-state index contributed by atoms with van der Waals surface area (Å²) in [7, 11) is 1.53. The van der Waals surface area contributed by atoms with E-state index in [0.29, 0.717) is 27.1 Å². The number of rotatable bonds is 6. The number of nitriles is 1. The van der Waals surface area contributed by atoms with Crippen molar-refractivity contribution < 1.29 is 19.0 Å². The number of nitrogens with zero attached hydrogens (tertiary/aromatic N) is 1. The molecule has 0 N–H and O–H groups in total. The van der Waals surface area contributed by atoms with Gasteiger partial charge in [0.15, 0.2) is 0 Å². The lowest BCUT2D eigenvalue weighted by Crippen LogP contribution is -2.13. The minimum atomic E-state index is -0.459. The van der Waals surface area contributed by atoms with E-state index in [1.165, 1.54) is 7.11 Å². The maximum Gasteiger partial charge on any atom is 0.339 e. The normalized spacial score (nSPS) is 9.78. The molecule has 0 atom stereocenters. The molecule has 2 rings (SSSR count). The molecule has 0 saturated carbocycles. The van der Waals surface area contributed by atoms with Crippen molar-refractivity contribution in [2.75, 3.05) is 20.3 Å². The number of esters is 1. The van der Waals surface area contributed by atoms with Gasteiger partial charge in [0, 0.05) is 4.47 Å². The first-order valence-electron chi connectivity index (χ1n) is 6.77. The molecule has 0 aromatic heterocycles. The monoisotopic (exact) mass is 375 g/mol. The Morgan fingerprint density at radius 3 is 2.48 bits per heavy atom. The van der Waals surface area contributed by atoms with Crippen LogP contribution in [-0.4, -0.2) is 26.3 Å². The zero-order chi connectivity index (χ0) is 16.7. The summed E-state index contributed by atoms with van der Waals surface area (Å²) < 4.78 is 16.3. The molecule has 0 heterocycles. The SMILES string of the molecule is COc1ccc(Br)c(C(=O)OCCOc2ccc(C#N)cc2)c1. The molecule has 23 heavy (non-hydrogen) atoms. The molecule has 6 heteroatoms. The van der Waals surface area contributed by atoms with Gasteiger partial charge in [0.2, 0.25) is 0 Å². The fourth-order valence-corrected chi connectivity index (χ4v) is 2.19. The van der Waals surface area contributed by atoms with Crippen LogP contribution in [0, 0.1) is 11.3 Å². The summed E-state index contributed by atoms with van der Waals surface area (Å²) in [5.74, 6) is 0.732. The van der Waals surface area contributed by atoms with Crippen molar-refractivity contribution in [2.45, 2.75) is 0 Å². The summed E-state index contributed by atoms with van der Waals surface area (Å²) >= 11 is 3.31. The van der Waals surface area contributed by atoms with Gasteiger partial charge in [-0.15, -0.1) is 0 Å². The molecule has 0 spiro atoms. The average molecular weight is 376 g/mol. The third kappa shape index (κ3) is 4.73. The van der Waals surface area contributed by atoms with Gasteiger partial charge < -0.3 is 14.2 Å². The molecule has 0 unspecified atom stereocenters. The molecule has 0 radical (unpaired) electrons. The minimum Gasteiger partial charge on any atom is -0.497 e. The number of methoxy groups -OCH3 is 1. The summed E-state index contributed by atoms with van der Waals surface area (Å²) in [6.07, 6.45) is 0. The van der Waals surface area contributed by atoms with Crippen molar-refractivity contribution >= 4 is 21.9 Å². The predicted octanol–water partition coefficient (Wildman–Crippen LogP) is 3.57. The fourth-order valence-electron chi connectivity index (χ4n) is 1.79. The Balaban J connectivity index is 1.84. The molecule has 0 aliphatic heterocycles. The molecular formula is C17H14BrNO4. The van der Waals surface area contributed by atoms with E-state index in [0.717, 1.165) is 0 Å². The fraction of sp³-hybridized carbons (Fsp3) is 0.176. The Morgan fingerprint density at radius 2 is 1.83 bits per heavy atom. The van der Waals surface area contributed by atoms with Crippen LogP contribution in [0.2, 0.25) is 0 Å². The largest absolute Gasteiger partial charge is 0.497 e. The number of halogens is 1. The van der Waals surface area contributed by atoms with Gasteiger partial charge in [-0.1, -0.05) is 0 Å². The molecule has 0 aliphatic rings. The lowest BCUT2D eigenvalue weighted by Gasteiger charge is -2.09. The molecule has 118 valence electrons. The van der Waals surface area contributed by atoms with Crippen LogP contribution in [0.4, 0.5) is 0 Å². The minimum absolute atomic E-state index is 0.114. The van der Waals surface area contributed by atoms with Crippen molar-refractivity contribution in [1.29, 1.82) is 5.26 Å². The second-order valence-electron chi connectivity index (χ2n) is 4.47. The number of benzene rings is 2. The smallest absolute Gasteiger partial charge is 0.339 e. The van der Waals surface area contributed by atoms with E-state index in [9.17, 15) is 4.79 Å². The van der Waals surface area contributed by atoms with Crippen LogP contribution in [0.1, 0.15) is 15.9 Å². The maximum absolute atomic E-state index is 12.0. The molecule has 2 aromatic rings. The number of ether oxygens (including phenoxy) is 3. The number of hydrogen-bond acceptors (Lipinski definition) is 5. The third-order valence-corrected chi connectivity index (χ3v) is 3.65. The Kier molecular flexibility index (Phi) is 6.01. The zero-order valence-corrected chi connectivity index (χ0v) is 14.0. The Bertz CT molecular complexity index is 722. The molecule has 0 aliphatic carbocycles. The van der Waals surface area contributed by atoms with Crippen LogP contribution < -0.4 is 9.47 Å². The summed E-state index contributed by atoms with van der Waals surface area (Å²) in [5.41, 5.74) is 0.953. The lowest BCUT2D eigenvalue weighted by atomic mass is 10.2. The first-order valence-corrected chi connectivity index (χ1v) is 7.57. The first-order chi connectivity index (χ1) is 11.1. The van der Waals surface area contributed by atoms with E-state index < -0.39 is 5.97 Å². The summed E-state index contributed by atoms with van der Waals surface area (Å²) in [4.78, 5) is 12.0. The standard InChI is InChI=1S/C17H14BrNO4/c1-21-14-6-7-16(18)15(10-14)17(20)23-9-8-22-13-4-2-12(11-19)3-5-13/h2-7,10H,8-9H2,1H3. The van der Waals surface area contributed by atoms with Crippen molar-refractivity contribution in [2.24, 2.45) is 0 Å². The highest BCUT2D eigenvalue weighted by Gasteiger charge is 2.12. The van der Waals surface area contributed by atoms with Gasteiger partial charge >= 0.3 is 5.97 Å². The van der Waals surface area contributed by atoms with Crippen LogP contribution in [0.25, 0.3) is 0 Å². The highest BCUT2D eigenvalue weighted by molar-refractivity contribution is 9.10. The summed E-state index contributed by atoms with van der Waals surface area (Å²) in [5, 5.41) is 8.71. The van der Waals surface area contributed by atoms with Gasteiger partial charge in [0.1, 0.15) is 24.7 Å². The van der Waals surface area contributed by atoms with Gasteiger partial charge in [-0.3, -0.25) is 0 Å². The topological polar surface area (TPSA) is 68.6 Å². The Hall–Kier alpha value is -2.52. The highest BCUT2D eigenvalue weighted by Crippen LogP contribution is 2.23. The van der Waals surface area contributed by atoms with Gasteiger partial charge in [-0.25, -0.2) is 4.79 Å². The van der Waals surface area contributed by atoms with Gasteiger partial charge in [-0.05, 0) is 58.4 Å². The first kappa shape index (κ1) is 16.8. The van der Waals surface area contributed by atoms with Crippen molar-refractivity contribution in [1.82, 2.24) is 0 Å². The van der Waals surface area contributed by atoms with E-state index in [1.807, 2.05) is 6.07 Å². The van der Waals surface area contributed by atoms with Crippen molar-refractivity contribution in [3.63, 3.8) is 0 Å². The Labute approximate surface area is 142 Å². The van der Waals surface area contributed by atoms with Crippen molar-refractivity contribution in [3.8, 4) is 17.6 Å². The van der Waals surface area contributed by atoms with Gasteiger partial charge in [0.05, 0.1) is 24.3 Å². The molecule has 2 aromatic carbocycles. The van der Waals surface area contributed by atoms with Crippen LogP contribution in [0.3, 0.4) is 0 Å². The number of hydrogen-bond donors (Lipinski definition) is 0. The third-order valence-electron chi connectivity index (χ3n) is 2.96. The quantitative estimate of drug-likeness (QED) is 0.570. The predicted molar refractivity (Wildman–Crippen MR) is 87.6 cm³/mol. The maximum atomic E-state index is 12.0. The van der Waals surface area contributed by atoms with E-state index >= 15 is 0 Å². The molecule has 0 fully saturated rings. The van der Waals surface area contributed by atoms with E-state index in [4.69, 9.17) is 19.5 Å². The molecule has 0 amide bonds. The van der Waals surface area contributed by atoms with Gasteiger partial charge in [-0.2, -0.15) is 5.26 Å². The number of carbonyl (C=O) groups excluding carboxylic acids is 1. The molecule has 0 saturated heterocycles. The summed E-state index contributed by atoms with van der Waals surface area (Å²) in [6, 6.07) is 13.8. The lowest BCUT2D eigenvalue weighted by molar-refractivity contribution is 0.0449. The van der Waals surface area contributed by atoms with E-state index in [1.54, 1.807) is 42.5 Å². The van der Waals surface area contributed by atoms with Crippen LogP contribution >= 0.6 is 15.9 Å². The van der Waals surface area contributed by atoms with Crippen LogP contribution in [-0.2, 0) is 4.74 Å². The second kappa shape index (κ2) is 8.20. The second-order valence-corrected chi connectivity index (χ2v) is 5.32. The highest BCUT2D eigenvalue weighted by atomic mass is 79.9. The zero-order valence-electron chi connectivity index (χ0n) is 12.4.